The normalized spacial score (nSPS) is 21.7. The Hall–Kier alpha value is -3.13. The first-order chi connectivity index (χ1) is 15.0. The van der Waals surface area contributed by atoms with Crippen molar-refractivity contribution in [3.05, 3.63) is 53.1 Å². The van der Waals surface area contributed by atoms with Crippen LogP contribution in [-0.4, -0.2) is 57.6 Å². The Bertz CT molecular complexity index is 1170. The van der Waals surface area contributed by atoms with Gasteiger partial charge in [0.15, 0.2) is 0 Å². The van der Waals surface area contributed by atoms with Crippen molar-refractivity contribution in [1.29, 1.82) is 0 Å². The van der Waals surface area contributed by atoms with Gasteiger partial charge >= 0.3 is 0 Å². The number of carbonyl (C=O) groups excluding carboxylic acids is 1. The van der Waals surface area contributed by atoms with Gasteiger partial charge in [-0.15, -0.1) is 0 Å². The van der Waals surface area contributed by atoms with E-state index >= 15 is 0 Å². The number of hydrogen-bond donors (Lipinski definition) is 2. The minimum atomic E-state index is -0.368. The number of nitrogens with one attached hydrogen (secondary N) is 2. The molecule has 2 fully saturated rings. The molecule has 4 heterocycles. The first-order valence-electron chi connectivity index (χ1n) is 11.1. The largest absolute Gasteiger partial charge is 0.369 e. The number of nitrogens with zero attached hydrogens (tertiary/aromatic N) is 5. The molecule has 2 N–H and O–H groups in total. The molecule has 8 nitrogen and oxygen atoms in total. The molecule has 1 atom stereocenters. The molecule has 0 bridgehead atoms. The molecule has 2 aliphatic heterocycles. The molecule has 1 aliphatic carbocycles. The molecule has 2 aromatic heterocycles. The third kappa shape index (κ3) is 3.31. The quantitative estimate of drug-likeness (QED) is 0.682. The van der Waals surface area contributed by atoms with E-state index in [1.165, 1.54) is 12.8 Å². The molecule has 1 aromatic carbocycles. The molecule has 0 radical (unpaired) electrons. The molecular formula is C23H27N7O. The van der Waals surface area contributed by atoms with Gasteiger partial charge in [0.05, 0.1) is 28.7 Å². The van der Waals surface area contributed by atoms with Crippen LogP contribution >= 0.6 is 0 Å². The molecule has 3 aromatic rings. The second kappa shape index (κ2) is 6.95. The standard InChI is InChI=1S/C23H27N7O/c1-14-13-30-21(15(2)24-14)12-20(27-30)22-25-19-6-5-17(11-18(19)23(31)26-22)29-9-7-28(8-10-29)16-3-4-16/h5-6,11-13,16,22,25H,3-4,7-10H2,1-2H3,(H,26,31). The fraction of sp³-hybridized carbons (Fsp3) is 0.435. The van der Waals surface area contributed by atoms with Crippen molar-refractivity contribution in [2.75, 3.05) is 36.4 Å². The van der Waals surface area contributed by atoms with Gasteiger partial charge < -0.3 is 15.5 Å². The summed E-state index contributed by atoms with van der Waals surface area (Å²) >= 11 is 0. The second-order valence-corrected chi connectivity index (χ2v) is 8.90. The number of anilines is 2. The average molecular weight is 418 g/mol. The lowest BCUT2D eigenvalue weighted by molar-refractivity contribution is 0.0935. The first-order valence-corrected chi connectivity index (χ1v) is 11.1. The summed E-state index contributed by atoms with van der Waals surface area (Å²) in [5, 5.41) is 11.2. The molecule has 1 amide bonds. The maximum absolute atomic E-state index is 13.0. The van der Waals surface area contributed by atoms with Crippen molar-refractivity contribution in [2.45, 2.75) is 38.9 Å². The predicted molar refractivity (Wildman–Crippen MR) is 120 cm³/mol. The number of amides is 1. The van der Waals surface area contributed by atoms with Crippen LogP contribution in [0.25, 0.3) is 5.52 Å². The van der Waals surface area contributed by atoms with E-state index in [0.29, 0.717) is 5.56 Å². The summed E-state index contributed by atoms with van der Waals surface area (Å²) in [6.07, 6.45) is 4.24. The Morgan fingerprint density at radius 1 is 1.03 bits per heavy atom. The zero-order valence-electron chi connectivity index (χ0n) is 17.9. The van der Waals surface area contributed by atoms with Crippen molar-refractivity contribution < 1.29 is 4.79 Å². The van der Waals surface area contributed by atoms with E-state index in [1.54, 1.807) is 0 Å². The Morgan fingerprint density at radius 3 is 2.61 bits per heavy atom. The SMILES string of the molecule is Cc1cn2nc(C3NC(=O)c4cc(N5CCN(C6CC6)CC5)ccc4N3)cc2c(C)n1. The van der Waals surface area contributed by atoms with Crippen molar-refractivity contribution >= 4 is 22.8 Å². The summed E-state index contributed by atoms with van der Waals surface area (Å²) in [6.45, 7) is 8.17. The highest BCUT2D eigenvalue weighted by Crippen LogP contribution is 2.32. The van der Waals surface area contributed by atoms with E-state index in [1.807, 2.05) is 42.8 Å². The maximum Gasteiger partial charge on any atom is 0.255 e. The fourth-order valence-electron chi connectivity index (χ4n) is 4.83. The van der Waals surface area contributed by atoms with Crippen LogP contribution in [0.1, 0.15) is 46.4 Å². The molecule has 1 saturated heterocycles. The van der Waals surface area contributed by atoms with E-state index in [4.69, 9.17) is 0 Å². The van der Waals surface area contributed by atoms with Gasteiger partial charge in [-0.3, -0.25) is 14.7 Å². The van der Waals surface area contributed by atoms with Crippen molar-refractivity contribution in [3.63, 3.8) is 0 Å². The van der Waals surface area contributed by atoms with E-state index in [2.05, 4.69) is 36.6 Å². The van der Waals surface area contributed by atoms with E-state index in [9.17, 15) is 4.79 Å². The van der Waals surface area contributed by atoms with Crippen molar-refractivity contribution in [2.24, 2.45) is 0 Å². The zero-order chi connectivity index (χ0) is 21.1. The highest BCUT2D eigenvalue weighted by atomic mass is 16.2. The van der Waals surface area contributed by atoms with E-state index < -0.39 is 0 Å². The van der Waals surface area contributed by atoms with Crippen molar-refractivity contribution in [1.82, 2.24) is 24.8 Å². The Labute approximate surface area is 181 Å². The highest BCUT2D eigenvalue weighted by Gasteiger charge is 2.32. The van der Waals surface area contributed by atoms with Gasteiger partial charge in [0.2, 0.25) is 0 Å². The first kappa shape index (κ1) is 18.6. The number of rotatable bonds is 3. The van der Waals surface area contributed by atoms with Crippen molar-refractivity contribution in [3.8, 4) is 0 Å². The fourth-order valence-corrected chi connectivity index (χ4v) is 4.83. The van der Waals surface area contributed by atoms with Gasteiger partial charge in [-0.1, -0.05) is 0 Å². The summed E-state index contributed by atoms with van der Waals surface area (Å²) in [5.41, 5.74) is 6.21. The van der Waals surface area contributed by atoms with Gasteiger partial charge in [0.25, 0.3) is 5.91 Å². The minimum absolute atomic E-state index is 0.0692. The molecule has 1 saturated carbocycles. The predicted octanol–water partition coefficient (Wildman–Crippen LogP) is 2.48. The van der Waals surface area contributed by atoms with Crippen LogP contribution in [0.2, 0.25) is 0 Å². The molecule has 160 valence electrons. The van der Waals surface area contributed by atoms with E-state index in [-0.39, 0.29) is 12.1 Å². The van der Waals surface area contributed by atoms with Gasteiger partial charge in [-0.05, 0) is 51.0 Å². The molecule has 0 spiro atoms. The topological polar surface area (TPSA) is 77.8 Å². The van der Waals surface area contributed by atoms with Crippen LogP contribution in [0.5, 0.6) is 0 Å². The van der Waals surface area contributed by atoms with E-state index in [0.717, 1.165) is 66.2 Å². The zero-order valence-corrected chi connectivity index (χ0v) is 17.9. The van der Waals surface area contributed by atoms with Gasteiger partial charge in [0.1, 0.15) is 11.9 Å². The molecule has 31 heavy (non-hydrogen) atoms. The maximum atomic E-state index is 13.0. The highest BCUT2D eigenvalue weighted by molar-refractivity contribution is 6.02. The lowest BCUT2D eigenvalue weighted by atomic mass is 10.1. The summed E-state index contributed by atoms with van der Waals surface area (Å²) < 4.78 is 1.83. The number of piperazine rings is 1. The monoisotopic (exact) mass is 417 g/mol. The van der Waals surface area contributed by atoms with Crippen LogP contribution in [0, 0.1) is 13.8 Å². The lowest BCUT2D eigenvalue weighted by Crippen LogP contribution is -2.47. The minimum Gasteiger partial charge on any atom is -0.369 e. The van der Waals surface area contributed by atoms with Crippen LogP contribution in [0.4, 0.5) is 11.4 Å². The Balaban J connectivity index is 1.23. The average Bonchev–Trinajstić information content (AvgIpc) is 3.52. The van der Waals surface area contributed by atoms with Gasteiger partial charge in [-0.2, -0.15) is 5.10 Å². The molecule has 3 aliphatic rings. The number of aromatic nitrogens is 3. The van der Waals surface area contributed by atoms with Crippen LogP contribution in [0.3, 0.4) is 0 Å². The number of hydrogen-bond acceptors (Lipinski definition) is 6. The Kier molecular flexibility index (Phi) is 4.17. The molecule has 1 unspecified atom stereocenters. The molecule has 6 rings (SSSR count). The smallest absolute Gasteiger partial charge is 0.255 e. The summed E-state index contributed by atoms with van der Waals surface area (Å²) in [7, 11) is 0. The molecular weight excluding hydrogens is 390 g/mol. The third-order valence-corrected chi connectivity index (χ3v) is 6.64. The number of carbonyl (C=O) groups is 1. The third-order valence-electron chi connectivity index (χ3n) is 6.64. The number of aryl methyl sites for hydroxylation is 2. The van der Waals surface area contributed by atoms with Crippen LogP contribution < -0.4 is 15.5 Å². The summed E-state index contributed by atoms with van der Waals surface area (Å²) in [4.78, 5) is 22.5. The summed E-state index contributed by atoms with van der Waals surface area (Å²) in [5.74, 6) is -0.0692. The number of fused-ring (bicyclic) bond motifs is 2. The van der Waals surface area contributed by atoms with Gasteiger partial charge in [-0.25, -0.2) is 4.52 Å². The summed E-state index contributed by atoms with van der Waals surface area (Å²) in [6, 6.07) is 8.96. The van der Waals surface area contributed by atoms with Gasteiger partial charge in [0, 0.05) is 43.6 Å². The Morgan fingerprint density at radius 2 is 1.84 bits per heavy atom. The lowest BCUT2D eigenvalue weighted by Gasteiger charge is -2.37. The second-order valence-electron chi connectivity index (χ2n) is 8.90. The van der Waals surface area contributed by atoms with Crippen LogP contribution in [-0.2, 0) is 0 Å². The van der Waals surface area contributed by atoms with Crippen LogP contribution in [0.15, 0.2) is 30.5 Å². The number of benzene rings is 1. The molecule has 8 heteroatoms.